The van der Waals surface area contributed by atoms with E-state index in [0.29, 0.717) is 5.56 Å². The second kappa shape index (κ2) is 7.28. The summed E-state index contributed by atoms with van der Waals surface area (Å²) in [4.78, 5) is 0. The Morgan fingerprint density at radius 2 is 1.44 bits per heavy atom. The molecule has 1 aliphatic heterocycles. The van der Waals surface area contributed by atoms with Gasteiger partial charge in [-0.05, 0) is 42.4 Å². The molecule has 0 fully saturated rings. The van der Waals surface area contributed by atoms with Crippen LogP contribution in [0, 0.1) is 11.6 Å². The summed E-state index contributed by atoms with van der Waals surface area (Å²) in [5.74, 6) is 2.69. The third-order valence-corrected chi connectivity index (χ3v) is 10.5. The van der Waals surface area contributed by atoms with E-state index in [9.17, 15) is 16.8 Å². The van der Waals surface area contributed by atoms with Crippen LogP contribution in [-0.2, 0) is 0 Å². The maximum absolute atomic E-state index is 14.0. The number of hydrogen-bond donors (Lipinski definition) is 0. The average molecular weight is 429 g/mol. The Kier molecular flexibility index (Phi) is 5.37. The molecule has 27 heavy (non-hydrogen) atoms. The molecule has 0 spiro atoms. The highest BCUT2D eigenvalue weighted by Crippen LogP contribution is 2.80. The summed E-state index contributed by atoms with van der Waals surface area (Å²) in [6, 6.07) is 14.7. The van der Waals surface area contributed by atoms with Gasteiger partial charge in [-0.3, -0.25) is 0 Å². The van der Waals surface area contributed by atoms with Crippen molar-refractivity contribution >= 4 is 33.7 Å². The number of halogens is 4. The molecule has 3 nitrogen and oxygen atoms in total. The fourth-order valence-corrected chi connectivity index (χ4v) is 9.41. The third-order valence-electron chi connectivity index (χ3n) is 3.54. The first kappa shape index (κ1) is 19.9. The van der Waals surface area contributed by atoms with Crippen LogP contribution in [0.25, 0.3) is 5.57 Å². The van der Waals surface area contributed by atoms with Gasteiger partial charge in [-0.2, -0.15) is 9.03 Å². The Morgan fingerprint density at radius 3 is 2.00 bits per heavy atom. The lowest BCUT2D eigenvalue weighted by Gasteiger charge is -2.20. The van der Waals surface area contributed by atoms with E-state index in [-0.39, 0.29) is 5.30 Å². The van der Waals surface area contributed by atoms with Crippen molar-refractivity contribution in [2.24, 2.45) is 13.5 Å². The van der Waals surface area contributed by atoms with Crippen LogP contribution in [0.4, 0.5) is 16.8 Å². The first-order chi connectivity index (χ1) is 12.6. The zero-order chi connectivity index (χ0) is 19.7. The minimum atomic E-state index is -5.51. The van der Waals surface area contributed by atoms with Crippen LogP contribution in [-0.4, -0.2) is 0 Å². The molecule has 0 N–H and O–H groups in total. The molecule has 3 rings (SSSR count). The largest absolute Gasteiger partial charge is 0.422 e. The van der Waals surface area contributed by atoms with E-state index in [1.54, 1.807) is 49.4 Å². The summed E-state index contributed by atoms with van der Waals surface area (Å²) >= 11 is 0. The first-order valence-corrected chi connectivity index (χ1v) is 12.3. The zero-order valence-electron chi connectivity index (χ0n) is 14.1. The zero-order valence-corrected chi connectivity index (χ0v) is 16.8. The SMILES string of the molecule is C=C(C)c1ccc(P2(C#Cc3ccccc3)=NP(F)(F)=NP(F)(F)=N2)cc1. The van der Waals surface area contributed by atoms with Gasteiger partial charge in [0.2, 0.25) is 0 Å². The highest BCUT2D eigenvalue weighted by molar-refractivity contribution is 7.88. The molecule has 1 heterocycles. The molecule has 0 radical (unpaired) electrons. The van der Waals surface area contributed by atoms with E-state index in [2.05, 4.69) is 31.7 Å². The van der Waals surface area contributed by atoms with Crippen molar-refractivity contribution < 1.29 is 16.8 Å². The van der Waals surface area contributed by atoms with Crippen molar-refractivity contribution in [1.82, 2.24) is 0 Å². The van der Waals surface area contributed by atoms with Gasteiger partial charge in [-0.1, -0.05) is 48.4 Å². The van der Waals surface area contributed by atoms with Gasteiger partial charge in [0.05, 0.1) is 0 Å². The Hall–Kier alpha value is -1.85. The van der Waals surface area contributed by atoms with Gasteiger partial charge in [-0.15, -0.1) is 21.3 Å². The number of allylic oxidation sites excluding steroid dienone is 1. The summed E-state index contributed by atoms with van der Waals surface area (Å²) in [5, 5.41) is 0.158. The van der Waals surface area contributed by atoms with Gasteiger partial charge >= 0.3 is 15.7 Å². The summed E-state index contributed by atoms with van der Waals surface area (Å²) < 4.78 is 65.3. The van der Waals surface area contributed by atoms with E-state index in [1.165, 1.54) is 12.1 Å². The molecule has 140 valence electrons. The summed E-state index contributed by atoms with van der Waals surface area (Å²) in [5.41, 5.74) is 4.59. The monoisotopic (exact) mass is 429 g/mol. The van der Waals surface area contributed by atoms with Crippen LogP contribution in [0.3, 0.4) is 0 Å². The van der Waals surface area contributed by atoms with Crippen molar-refractivity contribution in [2.75, 3.05) is 0 Å². The molecule has 0 saturated heterocycles. The molecule has 1 atom stereocenters. The Bertz CT molecular complexity index is 1110. The van der Waals surface area contributed by atoms with E-state index >= 15 is 0 Å². The predicted molar refractivity (Wildman–Crippen MR) is 107 cm³/mol. The smallest absolute Gasteiger partial charge is 0.168 e. The second-order valence-corrected chi connectivity index (χ2v) is 11.6. The number of nitrogens with zero attached hydrogens (tertiary/aromatic N) is 3. The van der Waals surface area contributed by atoms with Crippen molar-refractivity contribution in [1.29, 1.82) is 0 Å². The number of rotatable bonds is 2. The Morgan fingerprint density at radius 1 is 0.852 bits per heavy atom. The normalized spacial score (nSPS) is 22.3. The molecule has 0 amide bonds. The van der Waals surface area contributed by atoms with E-state index in [1.807, 2.05) is 0 Å². The van der Waals surface area contributed by atoms with E-state index < -0.39 is 22.9 Å². The number of benzene rings is 2. The molecule has 10 heteroatoms. The topological polar surface area (TPSA) is 37.1 Å². The average Bonchev–Trinajstić information content (AvgIpc) is 2.58. The van der Waals surface area contributed by atoms with Gasteiger partial charge in [0.1, 0.15) is 0 Å². The van der Waals surface area contributed by atoms with Crippen molar-refractivity contribution in [3.8, 4) is 11.6 Å². The lowest BCUT2D eigenvalue weighted by molar-refractivity contribution is 0.701. The molecule has 0 bridgehead atoms. The molecule has 0 saturated carbocycles. The minimum absolute atomic E-state index is 0.158. The van der Waals surface area contributed by atoms with E-state index in [0.717, 1.165) is 11.1 Å². The van der Waals surface area contributed by atoms with Gasteiger partial charge in [-0.25, -0.2) is 0 Å². The Balaban J connectivity index is 2.28. The maximum Gasteiger partial charge on any atom is 0.422 e. The molecule has 2 aromatic rings. The lowest BCUT2D eigenvalue weighted by atomic mass is 10.1. The fraction of sp³-hybridized carbons (Fsp3) is 0.0588. The summed E-state index contributed by atoms with van der Waals surface area (Å²) in [6.45, 7) is 5.58. The summed E-state index contributed by atoms with van der Waals surface area (Å²) in [7, 11) is -14.9. The van der Waals surface area contributed by atoms with Crippen LogP contribution >= 0.6 is 22.9 Å². The molecular weight excluding hydrogens is 415 g/mol. The van der Waals surface area contributed by atoms with Crippen LogP contribution in [0.15, 0.2) is 74.7 Å². The molecule has 0 aliphatic carbocycles. The molecular formula is C17H14F4N3P3. The van der Waals surface area contributed by atoms with Crippen molar-refractivity contribution in [3.63, 3.8) is 0 Å². The predicted octanol–water partition coefficient (Wildman–Crippen LogP) is 8.25. The van der Waals surface area contributed by atoms with Crippen LogP contribution in [0.1, 0.15) is 18.1 Å². The Labute approximate surface area is 155 Å². The van der Waals surface area contributed by atoms with Gasteiger partial charge in [0, 0.05) is 10.9 Å². The van der Waals surface area contributed by atoms with Gasteiger partial charge in [0.25, 0.3) is 0 Å². The fourth-order valence-electron chi connectivity index (χ4n) is 2.32. The van der Waals surface area contributed by atoms with Crippen LogP contribution in [0.5, 0.6) is 0 Å². The lowest BCUT2D eigenvalue weighted by Crippen LogP contribution is -2.02. The van der Waals surface area contributed by atoms with Gasteiger partial charge < -0.3 is 0 Å². The second-order valence-electron chi connectivity index (χ2n) is 5.71. The maximum atomic E-state index is 14.0. The van der Waals surface area contributed by atoms with Crippen molar-refractivity contribution in [2.45, 2.75) is 6.92 Å². The standard InChI is InChI=1S/C17H14F4N3P3/c1-14(2)16-8-10-17(11-9-16)25(13-12-15-6-4-3-5-7-15)22-26(18,19)24-27(20,21)23-25/h3-11H,1H2,2H3. The molecule has 0 aromatic heterocycles. The molecule has 1 unspecified atom stereocenters. The highest BCUT2D eigenvalue weighted by atomic mass is 31.3. The third kappa shape index (κ3) is 4.71. The minimum Gasteiger partial charge on any atom is -0.168 e. The summed E-state index contributed by atoms with van der Waals surface area (Å²) in [6.07, 6.45) is 0. The van der Waals surface area contributed by atoms with Crippen LogP contribution < -0.4 is 5.30 Å². The molecule has 1 aliphatic rings. The van der Waals surface area contributed by atoms with Crippen LogP contribution in [0.2, 0.25) is 0 Å². The van der Waals surface area contributed by atoms with E-state index in [4.69, 9.17) is 0 Å². The molecule has 2 aromatic carbocycles. The number of hydrogen-bond acceptors (Lipinski definition) is 3. The quantitative estimate of drug-likeness (QED) is 0.262. The highest BCUT2D eigenvalue weighted by Gasteiger charge is 2.38. The first-order valence-electron chi connectivity index (χ1n) is 7.66. The van der Waals surface area contributed by atoms with Gasteiger partial charge in [0.15, 0.2) is 7.21 Å². The van der Waals surface area contributed by atoms with Crippen molar-refractivity contribution in [3.05, 3.63) is 72.3 Å².